The van der Waals surface area contributed by atoms with Gasteiger partial charge in [-0.15, -0.1) is 0 Å². The topological polar surface area (TPSA) is 102 Å². The average molecular weight is 494 g/mol. The molecule has 0 bridgehead atoms. The minimum absolute atomic E-state index is 0.0387. The number of benzene rings is 2. The van der Waals surface area contributed by atoms with Gasteiger partial charge < -0.3 is 15.8 Å². The molecule has 180 valence electrons. The van der Waals surface area contributed by atoms with Crippen molar-refractivity contribution in [1.82, 2.24) is 10.3 Å². The summed E-state index contributed by atoms with van der Waals surface area (Å²) < 4.78 is 20.4. The van der Waals surface area contributed by atoms with Gasteiger partial charge in [-0.25, -0.2) is 14.4 Å². The van der Waals surface area contributed by atoms with Crippen LogP contribution in [0.25, 0.3) is 10.9 Å². The van der Waals surface area contributed by atoms with E-state index in [9.17, 15) is 9.18 Å². The smallest absolute Gasteiger partial charge is 0.219 e. The highest BCUT2D eigenvalue weighted by atomic mass is 35.5. The summed E-state index contributed by atoms with van der Waals surface area (Å²) in [5, 5.41) is 3.60. The third-order valence-corrected chi connectivity index (χ3v) is 5.73. The Morgan fingerprint density at radius 3 is 2.77 bits per heavy atom. The number of carbonyl (C=O) groups excluding carboxylic acids is 1. The van der Waals surface area contributed by atoms with Gasteiger partial charge in [0.2, 0.25) is 5.91 Å². The van der Waals surface area contributed by atoms with Crippen LogP contribution in [-0.4, -0.2) is 38.0 Å². The fraction of sp³-hybridized carbons (Fsp3) is 0.280. The van der Waals surface area contributed by atoms with E-state index in [1.54, 1.807) is 27.0 Å². The van der Waals surface area contributed by atoms with Crippen LogP contribution in [-0.2, 0) is 16.8 Å². The molecule has 0 saturated heterocycles. The molecule has 1 heterocycles. The molecule has 7 nitrogen and oxygen atoms in total. The number of nitrogens with one attached hydrogen (secondary N) is 1. The quantitative estimate of drug-likeness (QED) is 0.293. The monoisotopic (exact) mass is 493 g/mol. The van der Waals surface area contributed by atoms with Crippen LogP contribution < -0.4 is 15.8 Å². The summed E-state index contributed by atoms with van der Waals surface area (Å²) in [5.74, 6) is 0.0732. The molecule has 1 aromatic heterocycles. The fourth-order valence-corrected chi connectivity index (χ4v) is 4.04. The lowest BCUT2D eigenvalue weighted by Crippen LogP contribution is -2.44. The van der Waals surface area contributed by atoms with E-state index in [0.717, 1.165) is 16.6 Å². The lowest BCUT2D eigenvalue weighted by molar-refractivity contribution is -0.121. The molecule has 1 atom stereocenters. The Labute approximate surface area is 210 Å². The number of nitrogens with zero attached hydrogens (tertiary/aromatic N) is 3. The third-order valence-electron chi connectivity index (χ3n) is 5.39. The summed E-state index contributed by atoms with van der Waals surface area (Å²) >= 11 is 6.39. The van der Waals surface area contributed by atoms with E-state index in [1.807, 2.05) is 25.1 Å². The summed E-state index contributed by atoms with van der Waals surface area (Å²) in [7, 11) is 8.00. The predicted molar refractivity (Wildman–Crippen MR) is 139 cm³/mol. The highest BCUT2D eigenvalue weighted by Crippen LogP contribution is 2.33. The highest BCUT2D eigenvalue weighted by molar-refractivity contribution is 6.31. The first kappa shape index (κ1) is 26.2. The van der Waals surface area contributed by atoms with Gasteiger partial charge in [0.15, 0.2) is 5.84 Å². The second kappa shape index (κ2) is 10.9. The number of amidine groups is 1. The van der Waals surface area contributed by atoms with Crippen LogP contribution in [0.2, 0.25) is 5.02 Å². The largest absolute Gasteiger partial charge is 0.487 e. The Kier molecular flexibility index (Phi) is 8.12. The molecule has 0 unspecified atom stereocenters. The van der Waals surface area contributed by atoms with Crippen LogP contribution in [0.3, 0.4) is 0 Å². The second-order valence-corrected chi connectivity index (χ2v) is 8.50. The van der Waals surface area contributed by atoms with Crippen molar-refractivity contribution >= 4 is 48.4 Å². The van der Waals surface area contributed by atoms with Gasteiger partial charge in [-0.1, -0.05) is 30.7 Å². The van der Waals surface area contributed by atoms with Gasteiger partial charge in [0.25, 0.3) is 0 Å². The van der Waals surface area contributed by atoms with Gasteiger partial charge in [0.1, 0.15) is 31.5 Å². The zero-order valence-corrected chi connectivity index (χ0v) is 20.8. The molecule has 0 aliphatic carbocycles. The number of para-hydroxylation sites is 1. The molecule has 35 heavy (non-hydrogen) atoms. The average Bonchev–Trinajstić information content (AvgIpc) is 2.80. The van der Waals surface area contributed by atoms with Crippen molar-refractivity contribution < 1.29 is 13.9 Å². The molecule has 0 aliphatic heterocycles. The molecule has 2 aromatic carbocycles. The van der Waals surface area contributed by atoms with Crippen LogP contribution in [0.5, 0.6) is 5.75 Å². The van der Waals surface area contributed by atoms with E-state index < -0.39 is 11.3 Å². The number of amides is 1. The van der Waals surface area contributed by atoms with Crippen molar-refractivity contribution in [2.75, 3.05) is 7.05 Å². The van der Waals surface area contributed by atoms with Crippen LogP contribution in [0, 0.1) is 12.7 Å². The molecule has 2 radical (unpaired) electrons. The SMILES string of the molecule is [B][C@@](C)(NC(=O)CC)c1cc(F)cc(Cl)c1COc1cccc2c(C(N=CN)=NC)cc(C)nc12. The van der Waals surface area contributed by atoms with Crippen molar-refractivity contribution in [2.24, 2.45) is 15.7 Å². The van der Waals surface area contributed by atoms with E-state index in [0.29, 0.717) is 28.2 Å². The number of hydrogen-bond donors (Lipinski definition) is 2. The van der Waals surface area contributed by atoms with E-state index in [2.05, 4.69) is 20.3 Å². The van der Waals surface area contributed by atoms with Crippen LogP contribution >= 0.6 is 11.6 Å². The summed E-state index contributed by atoms with van der Waals surface area (Å²) in [5.41, 5.74) is 6.95. The standard InChI is InChI=1S/C25H26BClFN5O2/c1-5-22(34)33-25(3,26)19-10-15(28)11-20(27)18(19)12-35-21-8-6-7-16-17(24(30-4)31-13-29)9-14(2)32-23(16)21/h6-11,13H,5,12H2,1-4H3,(H,33,34)(H2,29,30,31)/t25-/m0/s1. The minimum atomic E-state index is -1.37. The summed E-state index contributed by atoms with van der Waals surface area (Å²) in [4.78, 5) is 25.0. The molecule has 3 N–H and O–H groups in total. The van der Waals surface area contributed by atoms with Gasteiger partial charge in [0.05, 0.1) is 11.4 Å². The molecule has 10 heteroatoms. The van der Waals surface area contributed by atoms with E-state index in [-0.39, 0.29) is 24.0 Å². The number of carbonyl (C=O) groups is 1. The number of aryl methyl sites for hydroxylation is 1. The Bertz CT molecular complexity index is 1330. The maximum Gasteiger partial charge on any atom is 0.219 e. The Morgan fingerprint density at radius 1 is 1.37 bits per heavy atom. The van der Waals surface area contributed by atoms with Crippen LogP contribution in [0.4, 0.5) is 4.39 Å². The second-order valence-electron chi connectivity index (χ2n) is 8.10. The van der Waals surface area contributed by atoms with Crippen molar-refractivity contribution in [3.8, 4) is 5.75 Å². The van der Waals surface area contributed by atoms with Crippen molar-refractivity contribution in [3.63, 3.8) is 0 Å². The maximum absolute atomic E-state index is 14.3. The number of aromatic nitrogens is 1. The number of hydrogen-bond acceptors (Lipinski definition) is 4. The van der Waals surface area contributed by atoms with E-state index >= 15 is 0 Å². The summed E-state index contributed by atoms with van der Waals surface area (Å²) in [6.07, 6.45) is 1.41. The van der Waals surface area contributed by atoms with E-state index in [1.165, 1.54) is 18.5 Å². The van der Waals surface area contributed by atoms with Crippen molar-refractivity contribution in [3.05, 3.63) is 69.6 Å². The Hall–Kier alpha value is -3.46. The number of pyridine rings is 1. The molecule has 3 aromatic rings. The molecule has 3 rings (SSSR count). The normalized spacial score (nSPS) is 13.7. The molecular formula is C25H26BClFN5O2. The number of halogens is 2. The zero-order valence-electron chi connectivity index (χ0n) is 20.0. The molecular weight excluding hydrogens is 468 g/mol. The molecule has 1 amide bonds. The number of nitrogens with two attached hydrogens (primary N) is 1. The zero-order chi connectivity index (χ0) is 25.8. The number of rotatable bonds is 7. The fourth-order valence-electron chi connectivity index (χ4n) is 3.78. The molecule has 0 fully saturated rings. The van der Waals surface area contributed by atoms with Crippen LogP contribution in [0.15, 0.2) is 46.4 Å². The summed E-state index contributed by atoms with van der Waals surface area (Å²) in [6.45, 7) is 5.09. The lowest BCUT2D eigenvalue weighted by atomic mass is 9.72. The van der Waals surface area contributed by atoms with Gasteiger partial charge in [-0.3, -0.25) is 9.79 Å². The number of aliphatic imine (C=N–C) groups is 2. The van der Waals surface area contributed by atoms with Gasteiger partial charge >= 0.3 is 0 Å². The third kappa shape index (κ3) is 5.79. The first-order valence-electron chi connectivity index (χ1n) is 10.9. The van der Waals surface area contributed by atoms with Gasteiger partial charge in [-0.05, 0) is 43.7 Å². The Balaban J connectivity index is 2.06. The molecule has 0 spiro atoms. The first-order valence-corrected chi connectivity index (χ1v) is 11.3. The Morgan fingerprint density at radius 2 is 2.11 bits per heavy atom. The van der Waals surface area contributed by atoms with E-state index in [4.69, 9.17) is 29.9 Å². The van der Waals surface area contributed by atoms with Crippen molar-refractivity contribution in [2.45, 2.75) is 39.2 Å². The highest BCUT2D eigenvalue weighted by Gasteiger charge is 2.27. The van der Waals surface area contributed by atoms with Gasteiger partial charge in [-0.2, -0.15) is 0 Å². The lowest BCUT2D eigenvalue weighted by Gasteiger charge is -2.30. The maximum atomic E-state index is 14.3. The van der Waals surface area contributed by atoms with Gasteiger partial charge in [0, 0.05) is 41.1 Å². The minimum Gasteiger partial charge on any atom is -0.487 e. The predicted octanol–water partition coefficient (Wildman–Crippen LogP) is 4.15. The number of ether oxygens (including phenoxy) is 1. The van der Waals surface area contributed by atoms with Crippen molar-refractivity contribution in [1.29, 1.82) is 0 Å². The number of fused-ring (bicyclic) bond motifs is 1. The molecule has 0 aliphatic rings. The van der Waals surface area contributed by atoms with Crippen LogP contribution in [0.1, 0.15) is 42.7 Å². The molecule has 0 saturated carbocycles. The first-order chi connectivity index (χ1) is 16.6. The summed E-state index contributed by atoms with van der Waals surface area (Å²) in [6, 6.07) is 9.77.